The molecule has 1 heterocycles. The maximum Gasteiger partial charge on any atom is 0.215 e. The Bertz CT molecular complexity index is 368. The van der Waals surface area contributed by atoms with E-state index in [4.69, 9.17) is 10.2 Å². The summed E-state index contributed by atoms with van der Waals surface area (Å²) < 4.78 is 43.0. The number of aliphatic hydroxyl groups excluding tert-OH is 1. The number of hydrogen-bond donors (Lipinski definition) is 2. The smallest absolute Gasteiger partial charge is 0.215 e. The second kappa shape index (κ2) is 2.66. The molecule has 12 heavy (non-hydrogen) atoms. The number of sulfonamides is 1. The predicted octanol–water partition coefficient (Wildman–Crippen LogP) is -2.57. The first-order valence-electron chi connectivity index (χ1n) is 3.12. The summed E-state index contributed by atoms with van der Waals surface area (Å²) in [7, 11) is -7.39. The highest BCUT2D eigenvalue weighted by Crippen LogP contribution is 2.17. The molecular formula is C4H9NO5S2. The lowest BCUT2D eigenvalue weighted by Crippen LogP contribution is -2.37. The van der Waals surface area contributed by atoms with Crippen LogP contribution in [0.3, 0.4) is 0 Å². The van der Waals surface area contributed by atoms with E-state index < -0.39 is 42.7 Å². The number of hydrogen-bond acceptors (Lipinski definition) is 5. The Morgan fingerprint density at radius 2 is 1.83 bits per heavy atom. The summed E-state index contributed by atoms with van der Waals surface area (Å²) in [6.45, 7) is 0. The Kier molecular flexibility index (Phi) is 2.19. The van der Waals surface area contributed by atoms with Crippen molar-refractivity contribution < 1.29 is 21.9 Å². The molecule has 0 aromatic carbocycles. The summed E-state index contributed by atoms with van der Waals surface area (Å²) in [5.41, 5.74) is 0. The van der Waals surface area contributed by atoms with E-state index in [0.29, 0.717) is 0 Å². The van der Waals surface area contributed by atoms with Crippen LogP contribution in [0.5, 0.6) is 0 Å². The van der Waals surface area contributed by atoms with Gasteiger partial charge in [-0.05, 0) is 0 Å². The Balaban J connectivity index is 3.01. The number of rotatable bonds is 1. The minimum atomic E-state index is -3.95. The summed E-state index contributed by atoms with van der Waals surface area (Å²) >= 11 is 0. The number of sulfone groups is 1. The summed E-state index contributed by atoms with van der Waals surface area (Å²) in [4.78, 5) is 0. The van der Waals surface area contributed by atoms with Gasteiger partial charge in [0.2, 0.25) is 10.0 Å². The third kappa shape index (κ3) is 1.94. The molecule has 1 fully saturated rings. The van der Waals surface area contributed by atoms with E-state index in [1.165, 1.54) is 0 Å². The van der Waals surface area contributed by atoms with E-state index in [-0.39, 0.29) is 0 Å². The van der Waals surface area contributed by atoms with Crippen LogP contribution in [0, 0.1) is 0 Å². The zero-order valence-electron chi connectivity index (χ0n) is 6.04. The summed E-state index contributed by atoms with van der Waals surface area (Å²) in [5, 5.41) is 12.4. The van der Waals surface area contributed by atoms with Crippen molar-refractivity contribution in [2.75, 3.05) is 11.5 Å². The van der Waals surface area contributed by atoms with Gasteiger partial charge in [0, 0.05) is 0 Å². The van der Waals surface area contributed by atoms with Crippen LogP contribution in [-0.2, 0) is 19.9 Å². The van der Waals surface area contributed by atoms with Gasteiger partial charge in [0.25, 0.3) is 0 Å². The largest absolute Gasteiger partial charge is 0.391 e. The molecule has 6 nitrogen and oxygen atoms in total. The number of nitrogens with two attached hydrogens (primary N) is 1. The summed E-state index contributed by atoms with van der Waals surface area (Å²) in [6, 6.07) is 0. The van der Waals surface area contributed by atoms with Crippen LogP contribution in [0.15, 0.2) is 0 Å². The van der Waals surface area contributed by atoms with Crippen LogP contribution in [0.2, 0.25) is 0 Å². The molecule has 1 saturated heterocycles. The third-order valence-corrected chi connectivity index (χ3v) is 4.95. The van der Waals surface area contributed by atoms with Gasteiger partial charge < -0.3 is 5.11 Å². The monoisotopic (exact) mass is 215 g/mol. The predicted molar refractivity (Wildman–Crippen MR) is 41.6 cm³/mol. The van der Waals surface area contributed by atoms with Crippen molar-refractivity contribution in [2.45, 2.75) is 11.4 Å². The molecular weight excluding hydrogens is 206 g/mol. The third-order valence-electron chi connectivity index (χ3n) is 1.69. The van der Waals surface area contributed by atoms with Crippen LogP contribution >= 0.6 is 0 Å². The van der Waals surface area contributed by atoms with E-state index in [9.17, 15) is 16.8 Å². The second-order valence-corrected chi connectivity index (χ2v) is 6.71. The molecule has 0 spiro atoms. The summed E-state index contributed by atoms with van der Waals surface area (Å²) in [6.07, 6.45) is -1.38. The van der Waals surface area contributed by atoms with Crippen LogP contribution in [0.1, 0.15) is 0 Å². The van der Waals surface area contributed by atoms with Crippen molar-refractivity contribution in [3.05, 3.63) is 0 Å². The average Bonchev–Trinajstić information content (AvgIpc) is 2.03. The topological polar surface area (TPSA) is 115 Å². The Hall–Kier alpha value is -0.180. The molecule has 0 radical (unpaired) electrons. The fraction of sp³-hybridized carbons (Fsp3) is 1.00. The minimum Gasteiger partial charge on any atom is -0.391 e. The Labute approximate surface area is 70.3 Å². The molecule has 1 aliphatic rings. The van der Waals surface area contributed by atoms with Crippen molar-refractivity contribution in [2.24, 2.45) is 5.14 Å². The van der Waals surface area contributed by atoms with E-state index >= 15 is 0 Å². The van der Waals surface area contributed by atoms with Gasteiger partial charge in [0.05, 0.1) is 17.6 Å². The quantitative estimate of drug-likeness (QED) is 0.499. The van der Waals surface area contributed by atoms with Crippen molar-refractivity contribution >= 4 is 19.9 Å². The van der Waals surface area contributed by atoms with Gasteiger partial charge in [-0.25, -0.2) is 22.0 Å². The molecule has 0 saturated carbocycles. The average molecular weight is 215 g/mol. The van der Waals surface area contributed by atoms with E-state index in [2.05, 4.69) is 0 Å². The van der Waals surface area contributed by atoms with Gasteiger partial charge in [-0.1, -0.05) is 0 Å². The molecule has 0 bridgehead atoms. The molecule has 0 unspecified atom stereocenters. The Morgan fingerprint density at radius 3 is 2.00 bits per heavy atom. The lowest BCUT2D eigenvalue weighted by atomic mass is 10.3. The van der Waals surface area contributed by atoms with Crippen molar-refractivity contribution in [1.82, 2.24) is 0 Å². The normalized spacial score (nSPS) is 35.2. The van der Waals surface area contributed by atoms with E-state index in [0.717, 1.165) is 0 Å². The fourth-order valence-corrected chi connectivity index (χ4v) is 4.76. The highest BCUT2D eigenvalue weighted by atomic mass is 32.2. The lowest BCUT2D eigenvalue weighted by Gasteiger charge is -2.08. The standard InChI is InChI=1S/C4H9NO5S2/c5-12(9,10)4-2-11(7,8)1-3(4)6/h3-4,6H,1-2H2,(H2,5,9,10)/t3-,4+/m0/s1. The molecule has 0 aromatic rings. The van der Waals surface area contributed by atoms with Gasteiger partial charge in [0.15, 0.2) is 9.84 Å². The van der Waals surface area contributed by atoms with Crippen LogP contribution in [0.25, 0.3) is 0 Å². The molecule has 0 amide bonds. The van der Waals surface area contributed by atoms with Gasteiger partial charge in [0.1, 0.15) is 5.25 Å². The molecule has 1 aliphatic heterocycles. The second-order valence-electron chi connectivity index (χ2n) is 2.77. The SMILES string of the molecule is NS(=O)(=O)[C@@H]1CS(=O)(=O)C[C@@H]1O. The molecule has 3 N–H and O–H groups in total. The number of primary sulfonamides is 1. The molecule has 0 aromatic heterocycles. The fourth-order valence-electron chi connectivity index (χ4n) is 1.11. The van der Waals surface area contributed by atoms with Crippen LogP contribution < -0.4 is 5.14 Å². The summed E-state index contributed by atoms with van der Waals surface area (Å²) in [5.74, 6) is -1.10. The first-order valence-corrected chi connectivity index (χ1v) is 6.55. The molecule has 8 heteroatoms. The van der Waals surface area contributed by atoms with Gasteiger partial charge in [-0.3, -0.25) is 0 Å². The maximum absolute atomic E-state index is 10.8. The van der Waals surface area contributed by atoms with Crippen LogP contribution in [0.4, 0.5) is 0 Å². The molecule has 0 aliphatic carbocycles. The van der Waals surface area contributed by atoms with E-state index in [1.807, 2.05) is 0 Å². The lowest BCUT2D eigenvalue weighted by molar-refractivity contribution is 0.204. The Morgan fingerprint density at radius 1 is 1.33 bits per heavy atom. The molecule has 72 valence electrons. The van der Waals surface area contributed by atoms with Gasteiger partial charge in [-0.15, -0.1) is 0 Å². The molecule has 1 rings (SSSR count). The van der Waals surface area contributed by atoms with E-state index in [1.54, 1.807) is 0 Å². The minimum absolute atomic E-state index is 0.520. The zero-order chi connectivity index (χ0) is 9.57. The van der Waals surface area contributed by atoms with Crippen molar-refractivity contribution in [3.63, 3.8) is 0 Å². The van der Waals surface area contributed by atoms with Crippen LogP contribution in [-0.4, -0.2) is 44.8 Å². The first kappa shape index (κ1) is 9.90. The first-order chi connectivity index (χ1) is 5.22. The zero-order valence-corrected chi connectivity index (χ0v) is 7.68. The van der Waals surface area contributed by atoms with Gasteiger partial charge in [-0.2, -0.15) is 0 Å². The van der Waals surface area contributed by atoms with Crippen molar-refractivity contribution in [3.8, 4) is 0 Å². The highest BCUT2D eigenvalue weighted by molar-refractivity contribution is 7.95. The highest BCUT2D eigenvalue weighted by Gasteiger charge is 2.42. The van der Waals surface area contributed by atoms with Crippen molar-refractivity contribution in [1.29, 1.82) is 0 Å². The number of aliphatic hydroxyl groups is 1. The maximum atomic E-state index is 10.8. The molecule has 2 atom stereocenters. The van der Waals surface area contributed by atoms with Gasteiger partial charge >= 0.3 is 0 Å².